The van der Waals surface area contributed by atoms with Gasteiger partial charge < -0.3 is 9.84 Å². The number of rotatable bonds is 8. The summed E-state index contributed by atoms with van der Waals surface area (Å²) in [7, 11) is -2.52. The van der Waals surface area contributed by atoms with Gasteiger partial charge >= 0.3 is 6.36 Å². The minimum absolute atomic E-state index is 0.110. The third-order valence-corrected chi connectivity index (χ3v) is 7.97. The third-order valence-electron chi connectivity index (χ3n) is 6.81. The van der Waals surface area contributed by atoms with Crippen molar-refractivity contribution in [2.24, 2.45) is 7.05 Å². The molecule has 0 radical (unpaired) electrons. The highest BCUT2D eigenvalue weighted by Crippen LogP contribution is 2.37. The van der Waals surface area contributed by atoms with E-state index in [0.29, 0.717) is 18.1 Å². The number of aryl methyl sites for hydroxylation is 1. The molecule has 5 aromatic rings. The number of benzene rings is 3. The topological polar surface area (TPSA) is 112 Å². The maximum Gasteiger partial charge on any atom is 0.573 e. The molecule has 0 aliphatic carbocycles. The van der Waals surface area contributed by atoms with Crippen LogP contribution in [0.15, 0.2) is 71.8 Å². The summed E-state index contributed by atoms with van der Waals surface area (Å²) in [5.74, 6) is -4.71. The van der Waals surface area contributed by atoms with Gasteiger partial charge in [-0.3, -0.25) is 4.68 Å². The Morgan fingerprint density at radius 3 is 2.16 bits per heavy atom. The fourth-order valence-corrected chi connectivity index (χ4v) is 5.69. The normalized spacial score (nSPS) is 12.5. The van der Waals surface area contributed by atoms with Crippen molar-refractivity contribution < 1.29 is 44.6 Å². The van der Waals surface area contributed by atoms with Crippen LogP contribution in [-0.2, 0) is 29.4 Å². The number of aromatic nitrogens is 5. The van der Waals surface area contributed by atoms with E-state index in [4.69, 9.17) is 0 Å². The zero-order valence-electron chi connectivity index (χ0n) is 23.6. The van der Waals surface area contributed by atoms with E-state index >= 15 is 4.39 Å². The van der Waals surface area contributed by atoms with E-state index in [1.165, 1.54) is 65.1 Å². The number of alkyl halides is 5. The van der Waals surface area contributed by atoms with Gasteiger partial charge in [-0.1, -0.05) is 17.3 Å². The first-order valence-electron chi connectivity index (χ1n) is 12.9. The Morgan fingerprint density at radius 1 is 0.911 bits per heavy atom. The summed E-state index contributed by atoms with van der Waals surface area (Å²) >= 11 is 0. The SMILES string of the molecule is Cn1nc(C(C)(F)F)cc1-c1ccc(-c2cc(F)c(CO)c(S(C)(=O)=O)c2)cc1-n1nncc1-c1ccc(OC(F)(F)F)cc1. The van der Waals surface area contributed by atoms with Gasteiger partial charge in [0.2, 0.25) is 0 Å². The van der Waals surface area contributed by atoms with Crippen LogP contribution in [0.4, 0.5) is 26.3 Å². The lowest BCUT2D eigenvalue weighted by molar-refractivity contribution is -0.274. The molecule has 2 aromatic heterocycles. The maximum atomic E-state index is 15.0. The number of sulfone groups is 1. The van der Waals surface area contributed by atoms with E-state index in [0.717, 1.165) is 24.5 Å². The Balaban J connectivity index is 1.72. The summed E-state index contributed by atoms with van der Waals surface area (Å²) in [6, 6.07) is 12.8. The summed E-state index contributed by atoms with van der Waals surface area (Å²) in [5, 5.41) is 21.6. The lowest BCUT2D eigenvalue weighted by Crippen LogP contribution is -2.16. The highest BCUT2D eigenvalue weighted by atomic mass is 32.2. The Morgan fingerprint density at radius 2 is 1.58 bits per heavy atom. The van der Waals surface area contributed by atoms with E-state index in [9.17, 15) is 35.5 Å². The lowest BCUT2D eigenvalue weighted by atomic mass is 9.99. The molecule has 0 aliphatic heterocycles. The van der Waals surface area contributed by atoms with Crippen molar-refractivity contribution in [2.75, 3.05) is 6.26 Å². The maximum absolute atomic E-state index is 15.0. The zero-order valence-corrected chi connectivity index (χ0v) is 24.5. The minimum Gasteiger partial charge on any atom is -0.406 e. The van der Waals surface area contributed by atoms with Gasteiger partial charge in [0.15, 0.2) is 9.84 Å². The summed E-state index contributed by atoms with van der Waals surface area (Å²) in [6.07, 6.45) is -2.71. The molecule has 0 atom stereocenters. The van der Waals surface area contributed by atoms with E-state index in [1.54, 1.807) is 0 Å². The van der Waals surface area contributed by atoms with Crippen LogP contribution in [0.2, 0.25) is 0 Å². The molecule has 16 heteroatoms. The number of halogens is 6. The van der Waals surface area contributed by atoms with E-state index in [-0.39, 0.29) is 28.2 Å². The summed E-state index contributed by atoms with van der Waals surface area (Å²) in [4.78, 5) is -0.422. The third kappa shape index (κ3) is 6.56. The zero-order chi connectivity index (χ0) is 32.9. The second kappa shape index (κ2) is 11.3. The van der Waals surface area contributed by atoms with Gasteiger partial charge in [0.1, 0.15) is 17.3 Å². The molecule has 2 heterocycles. The largest absolute Gasteiger partial charge is 0.573 e. The quantitative estimate of drug-likeness (QED) is 0.204. The molecule has 45 heavy (non-hydrogen) atoms. The van der Waals surface area contributed by atoms with Gasteiger partial charge in [0.05, 0.1) is 34.8 Å². The summed E-state index contributed by atoms with van der Waals surface area (Å²) < 4.78 is 113. The number of nitrogens with zero attached hydrogens (tertiary/aromatic N) is 5. The van der Waals surface area contributed by atoms with E-state index in [1.807, 2.05) is 0 Å². The van der Waals surface area contributed by atoms with Crippen LogP contribution in [0, 0.1) is 5.82 Å². The van der Waals surface area contributed by atoms with Crippen molar-refractivity contribution in [3.05, 3.63) is 83.9 Å². The number of hydrogen-bond acceptors (Lipinski definition) is 7. The highest BCUT2D eigenvalue weighted by Gasteiger charge is 2.32. The molecule has 1 N–H and O–H groups in total. The van der Waals surface area contributed by atoms with Crippen molar-refractivity contribution in [3.63, 3.8) is 0 Å². The van der Waals surface area contributed by atoms with Crippen LogP contribution in [0.3, 0.4) is 0 Å². The van der Waals surface area contributed by atoms with Crippen LogP contribution in [-0.4, -0.2) is 50.9 Å². The predicted molar refractivity (Wildman–Crippen MR) is 150 cm³/mol. The number of ether oxygens (including phenoxy) is 1. The van der Waals surface area contributed by atoms with Crippen molar-refractivity contribution in [1.29, 1.82) is 0 Å². The number of hydrogen-bond donors (Lipinski definition) is 1. The predicted octanol–water partition coefficient (Wildman–Crippen LogP) is 6.05. The molecule has 9 nitrogen and oxygen atoms in total. The first-order chi connectivity index (χ1) is 21.0. The number of aliphatic hydroxyl groups is 1. The van der Waals surface area contributed by atoms with Gasteiger partial charge in [0.25, 0.3) is 5.92 Å². The van der Waals surface area contributed by atoms with E-state index < -0.39 is 56.4 Å². The molecule has 0 saturated carbocycles. The van der Waals surface area contributed by atoms with Crippen molar-refractivity contribution in [3.8, 4) is 45.1 Å². The van der Waals surface area contributed by atoms with Gasteiger partial charge in [-0.05, 0) is 59.7 Å². The smallest absolute Gasteiger partial charge is 0.406 e. The Bertz CT molecular complexity index is 2000. The van der Waals surface area contributed by atoms with Gasteiger partial charge in [-0.25, -0.2) is 17.5 Å². The van der Waals surface area contributed by atoms with Gasteiger partial charge in [-0.15, -0.1) is 18.3 Å². The first-order valence-corrected chi connectivity index (χ1v) is 14.8. The fraction of sp³-hybridized carbons (Fsp3) is 0.207. The fourth-order valence-electron chi connectivity index (χ4n) is 4.74. The van der Waals surface area contributed by atoms with Crippen LogP contribution in [0.1, 0.15) is 18.2 Å². The first kappa shape index (κ1) is 31.7. The standard InChI is InChI=1S/C29H23F6N5O4S/c1-28(31,32)27-13-23(39(2)37-27)20-9-6-17(18-10-22(30)21(15-41)26(12-18)45(3,42)43)11-24(20)40-25(14-36-38-40)16-4-7-19(8-5-16)44-29(33,34)35/h4-14,41H,15H2,1-3H3. The molecule has 0 amide bonds. The summed E-state index contributed by atoms with van der Waals surface area (Å²) in [6.45, 7) is -0.173. The van der Waals surface area contributed by atoms with Crippen LogP contribution < -0.4 is 4.74 Å². The average molecular weight is 652 g/mol. The second-order valence-electron chi connectivity index (χ2n) is 10.1. The molecule has 0 fully saturated rings. The lowest BCUT2D eigenvalue weighted by Gasteiger charge is -2.16. The molecular formula is C29H23F6N5O4S. The second-order valence-corrected chi connectivity index (χ2v) is 12.1. The summed E-state index contributed by atoms with van der Waals surface area (Å²) in [5.41, 5.74) is 0.830. The Labute approximate surface area is 252 Å². The Kier molecular flexibility index (Phi) is 7.99. The van der Waals surface area contributed by atoms with Crippen molar-refractivity contribution >= 4 is 9.84 Å². The molecule has 236 valence electrons. The van der Waals surface area contributed by atoms with Gasteiger partial charge in [-0.2, -0.15) is 13.9 Å². The van der Waals surface area contributed by atoms with Crippen LogP contribution >= 0.6 is 0 Å². The molecule has 5 rings (SSSR count). The Hall–Kier alpha value is -4.70. The van der Waals surface area contributed by atoms with Gasteiger partial charge in [0, 0.05) is 36.9 Å². The van der Waals surface area contributed by atoms with Crippen molar-refractivity contribution in [1.82, 2.24) is 24.8 Å². The molecular weight excluding hydrogens is 628 g/mol. The number of aliphatic hydroxyl groups excluding tert-OH is 1. The highest BCUT2D eigenvalue weighted by molar-refractivity contribution is 7.90. The molecule has 3 aromatic carbocycles. The van der Waals surface area contributed by atoms with Crippen LogP contribution in [0.25, 0.3) is 39.3 Å². The molecule has 0 unspecified atom stereocenters. The van der Waals surface area contributed by atoms with Crippen molar-refractivity contribution in [2.45, 2.75) is 30.7 Å². The molecule has 0 aliphatic rings. The van der Waals surface area contributed by atoms with E-state index in [2.05, 4.69) is 20.1 Å². The minimum atomic E-state index is -4.90. The molecule has 0 saturated heterocycles. The monoisotopic (exact) mass is 651 g/mol. The molecule has 0 spiro atoms. The molecule has 0 bridgehead atoms. The van der Waals surface area contributed by atoms with Crippen LogP contribution in [0.5, 0.6) is 5.75 Å². The average Bonchev–Trinajstić information content (AvgIpc) is 3.58.